The largest absolute Gasteiger partial charge is 0.379 e. The van der Waals surface area contributed by atoms with E-state index >= 15 is 0 Å². The van der Waals surface area contributed by atoms with E-state index in [9.17, 15) is 4.79 Å². The molecule has 0 spiro atoms. The fourth-order valence-corrected chi connectivity index (χ4v) is 4.00. The van der Waals surface area contributed by atoms with E-state index in [2.05, 4.69) is 35.0 Å². The zero-order valence-electron chi connectivity index (χ0n) is 16.9. The first kappa shape index (κ1) is 20.1. The summed E-state index contributed by atoms with van der Waals surface area (Å²) in [6.45, 7) is 13.8. The van der Waals surface area contributed by atoms with Gasteiger partial charge in [-0.25, -0.2) is 0 Å². The van der Waals surface area contributed by atoms with Crippen LogP contribution in [0.5, 0.6) is 0 Å². The van der Waals surface area contributed by atoms with Gasteiger partial charge in [-0.05, 0) is 30.5 Å². The molecule has 1 N–H and O–H groups in total. The molecule has 0 aromatic heterocycles. The van der Waals surface area contributed by atoms with E-state index in [4.69, 9.17) is 9.47 Å². The molecule has 0 bridgehead atoms. The van der Waals surface area contributed by atoms with Crippen molar-refractivity contribution in [2.75, 3.05) is 64.1 Å². The predicted molar refractivity (Wildman–Crippen MR) is 108 cm³/mol. The van der Waals surface area contributed by atoms with Crippen molar-refractivity contribution in [2.24, 2.45) is 5.92 Å². The van der Waals surface area contributed by atoms with E-state index in [1.165, 1.54) is 0 Å². The van der Waals surface area contributed by atoms with Gasteiger partial charge in [0, 0.05) is 50.0 Å². The van der Waals surface area contributed by atoms with Gasteiger partial charge in [-0.3, -0.25) is 9.69 Å². The van der Waals surface area contributed by atoms with Crippen LogP contribution < -0.4 is 10.2 Å². The van der Waals surface area contributed by atoms with Crippen LogP contribution in [0.4, 0.5) is 5.69 Å². The Morgan fingerprint density at radius 3 is 2.33 bits per heavy atom. The van der Waals surface area contributed by atoms with Crippen molar-refractivity contribution < 1.29 is 14.3 Å². The summed E-state index contributed by atoms with van der Waals surface area (Å²) >= 11 is 0. The van der Waals surface area contributed by atoms with Crippen molar-refractivity contribution in [3.05, 3.63) is 29.3 Å². The number of amides is 1. The van der Waals surface area contributed by atoms with Gasteiger partial charge in [0.05, 0.1) is 26.4 Å². The summed E-state index contributed by atoms with van der Waals surface area (Å²) in [6.07, 6.45) is 0. The number of rotatable bonds is 6. The lowest BCUT2D eigenvalue weighted by Gasteiger charge is -2.37. The van der Waals surface area contributed by atoms with Crippen LogP contribution in [-0.4, -0.2) is 76.0 Å². The van der Waals surface area contributed by atoms with E-state index < -0.39 is 0 Å². The van der Waals surface area contributed by atoms with E-state index in [1.54, 1.807) is 0 Å². The standard InChI is InChI=1S/C21H33N3O3/c1-16(2)20(24-9-13-27-14-10-24)15-22-21(25)18-5-4-6-19(17(18)3)23-7-11-26-12-8-23/h4-6,16,20H,7-15H2,1-3H3,(H,22,25)/t20-/m0/s1. The predicted octanol–water partition coefficient (Wildman–Crippen LogP) is 1.92. The Balaban J connectivity index is 1.66. The first-order chi connectivity index (χ1) is 13.1. The molecule has 1 aromatic carbocycles. The highest BCUT2D eigenvalue weighted by Crippen LogP contribution is 2.24. The molecule has 6 heteroatoms. The lowest BCUT2D eigenvalue weighted by molar-refractivity contribution is 0.00672. The molecular formula is C21H33N3O3. The summed E-state index contributed by atoms with van der Waals surface area (Å²) in [5.41, 5.74) is 2.95. The van der Waals surface area contributed by atoms with E-state index in [-0.39, 0.29) is 5.91 Å². The molecule has 150 valence electrons. The van der Waals surface area contributed by atoms with Crippen molar-refractivity contribution in [1.82, 2.24) is 10.2 Å². The average Bonchev–Trinajstić information content (AvgIpc) is 2.69. The molecule has 0 radical (unpaired) electrons. The molecule has 1 amide bonds. The lowest BCUT2D eigenvalue weighted by Crippen LogP contribution is -2.51. The zero-order chi connectivity index (χ0) is 19.2. The van der Waals surface area contributed by atoms with Crippen LogP contribution in [-0.2, 0) is 9.47 Å². The second kappa shape index (κ2) is 9.53. The normalized spacial score (nSPS) is 19.9. The first-order valence-corrected chi connectivity index (χ1v) is 10.1. The van der Waals surface area contributed by atoms with Gasteiger partial charge in [-0.2, -0.15) is 0 Å². The Hall–Kier alpha value is -1.63. The second-order valence-corrected chi connectivity index (χ2v) is 7.72. The highest BCUT2D eigenvalue weighted by Gasteiger charge is 2.25. The number of hydrogen-bond acceptors (Lipinski definition) is 5. The number of anilines is 1. The van der Waals surface area contributed by atoms with Gasteiger partial charge in [0.2, 0.25) is 0 Å². The molecule has 2 aliphatic rings. The number of nitrogens with one attached hydrogen (secondary N) is 1. The molecule has 0 aliphatic carbocycles. The van der Waals surface area contributed by atoms with Crippen LogP contribution in [0.1, 0.15) is 29.8 Å². The minimum atomic E-state index is 0.0153. The van der Waals surface area contributed by atoms with Gasteiger partial charge in [-0.1, -0.05) is 19.9 Å². The maximum Gasteiger partial charge on any atom is 0.251 e. The molecule has 6 nitrogen and oxygen atoms in total. The molecule has 0 unspecified atom stereocenters. The molecule has 2 saturated heterocycles. The summed E-state index contributed by atoms with van der Waals surface area (Å²) in [5, 5.41) is 3.18. The summed E-state index contributed by atoms with van der Waals surface area (Å²) in [5.74, 6) is 0.491. The second-order valence-electron chi connectivity index (χ2n) is 7.72. The van der Waals surface area contributed by atoms with Crippen molar-refractivity contribution in [2.45, 2.75) is 26.8 Å². The summed E-state index contributed by atoms with van der Waals surface area (Å²) in [4.78, 5) is 17.7. The van der Waals surface area contributed by atoms with Crippen molar-refractivity contribution in [3.63, 3.8) is 0 Å². The van der Waals surface area contributed by atoms with Gasteiger partial charge in [0.1, 0.15) is 0 Å². The Morgan fingerprint density at radius 1 is 1.07 bits per heavy atom. The molecule has 27 heavy (non-hydrogen) atoms. The molecule has 3 rings (SSSR count). The number of nitrogens with zero attached hydrogens (tertiary/aromatic N) is 2. The lowest BCUT2D eigenvalue weighted by atomic mass is 10.0. The van der Waals surface area contributed by atoms with Crippen LogP contribution >= 0.6 is 0 Å². The van der Waals surface area contributed by atoms with Gasteiger partial charge in [-0.15, -0.1) is 0 Å². The van der Waals surface area contributed by atoms with Gasteiger partial charge in [0.25, 0.3) is 5.91 Å². The third-order valence-corrected chi connectivity index (χ3v) is 5.66. The number of ether oxygens (including phenoxy) is 2. The highest BCUT2D eigenvalue weighted by molar-refractivity contribution is 5.97. The third-order valence-electron chi connectivity index (χ3n) is 5.66. The van der Waals surface area contributed by atoms with Crippen molar-refractivity contribution >= 4 is 11.6 Å². The highest BCUT2D eigenvalue weighted by atomic mass is 16.5. The fourth-order valence-electron chi connectivity index (χ4n) is 4.00. The quantitative estimate of drug-likeness (QED) is 0.823. The van der Waals surface area contributed by atoms with Gasteiger partial charge >= 0.3 is 0 Å². The van der Waals surface area contributed by atoms with Crippen LogP contribution in [0.15, 0.2) is 18.2 Å². The van der Waals surface area contributed by atoms with E-state index in [0.717, 1.165) is 69.4 Å². The Morgan fingerprint density at radius 2 is 1.70 bits per heavy atom. The first-order valence-electron chi connectivity index (χ1n) is 10.1. The maximum atomic E-state index is 12.9. The van der Waals surface area contributed by atoms with Crippen LogP contribution in [0.25, 0.3) is 0 Å². The van der Waals surface area contributed by atoms with E-state index in [1.807, 2.05) is 19.1 Å². The molecular weight excluding hydrogens is 342 g/mol. The Bertz CT molecular complexity index is 623. The summed E-state index contributed by atoms with van der Waals surface area (Å²) in [7, 11) is 0. The monoisotopic (exact) mass is 375 g/mol. The number of benzene rings is 1. The van der Waals surface area contributed by atoms with Crippen LogP contribution in [0.3, 0.4) is 0 Å². The minimum Gasteiger partial charge on any atom is -0.379 e. The average molecular weight is 376 g/mol. The van der Waals surface area contributed by atoms with Gasteiger partial charge < -0.3 is 19.7 Å². The molecule has 2 heterocycles. The van der Waals surface area contributed by atoms with Crippen LogP contribution in [0.2, 0.25) is 0 Å². The minimum absolute atomic E-state index is 0.0153. The molecule has 1 aromatic rings. The number of carbonyl (C=O) groups excluding carboxylic acids is 1. The van der Waals surface area contributed by atoms with Crippen LogP contribution in [0, 0.1) is 12.8 Å². The van der Waals surface area contributed by atoms with Gasteiger partial charge in [0.15, 0.2) is 0 Å². The van der Waals surface area contributed by atoms with E-state index in [0.29, 0.717) is 18.5 Å². The maximum absolute atomic E-state index is 12.9. The SMILES string of the molecule is Cc1c(C(=O)NC[C@@H](C(C)C)N2CCOCC2)cccc1N1CCOCC1. The number of morpholine rings is 2. The molecule has 0 saturated carbocycles. The molecule has 2 fully saturated rings. The topological polar surface area (TPSA) is 54.0 Å². The van der Waals surface area contributed by atoms with Crippen molar-refractivity contribution in [1.29, 1.82) is 0 Å². The molecule has 2 aliphatic heterocycles. The Kier molecular flexibility index (Phi) is 7.10. The smallest absolute Gasteiger partial charge is 0.251 e. The number of carbonyl (C=O) groups is 1. The number of hydrogen-bond donors (Lipinski definition) is 1. The van der Waals surface area contributed by atoms with Crippen molar-refractivity contribution in [3.8, 4) is 0 Å². The third kappa shape index (κ3) is 5.00. The summed E-state index contributed by atoms with van der Waals surface area (Å²) < 4.78 is 10.9. The molecule has 1 atom stereocenters. The fraction of sp³-hybridized carbons (Fsp3) is 0.667. The zero-order valence-corrected chi connectivity index (χ0v) is 16.9. The summed E-state index contributed by atoms with van der Waals surface area (Å²) in [6, 6.07) is 6.34. The Labute approximate surface area is 162 Å².